The van der Waals surface area contributed by atoms with Gasteiger partial charge in [-0.1, -0.05) is 23.2 Å². The lowest BCUT2D eigenvalue weighted by atomic mass is 9.94. The molecule has 1 aliphatic heterocycles. The van der Waals surface area contributed by atoms with E-state index in [9.17, 15) is 14.4 Å². The minimum absolute atomic E-state index is 0.169. The predicted octanol–water partition coefficient (Wildman–Crippen LogP) is 4.13. The largest absolute Gasteiger partial charge is 0.496 e. The van der Waals surface area contributed by atoms with Crippen LogP contribution < -0.4 is 4.74 Å². The van der Waals surface area contributed by atoms with Gasteiger partial charge in [-0.25, -0.2) is 4.79 Å². The van der Waals surface area contributed by atoms with Crippen LogP contribution in [0.3, 0.4) is 0 Å². The number of hydrogen-bond acceptors (Lipinski definition) is 7. The summed E-state index contributed by atoms with van der Waals surface area (Å²) in [5, 5.41) is 0.771. The van der Waals surface area contributed by atoms with Crippen LogP contribution in [0.15, 0.2) is 12.1 Å². The first-order valence-electron chi connectivity index (χ1n) is 11.3. The van der Waals surface area contributed by atoms with Gasteiger partial charge in [-0.05, 0) is 45.7 Å². The number of halogens is 2. The molecular weight excluding hydrogens is 499 g/mol. The number of benzene rings is 1. The van der Waals surface area contributed by atoms with E-state index in [2.05, 4.69) is 0 Å². The van der Waals surface area contributed by atoms with Crippen molar-refractivity contribution >= 4 is 41.2 Å². The monoisotopic (exact) mass is 532 g/mol. The van der Waals surface area contributed by atoms with Crippen molar-refractivity contribution in [1.29, 1.82) is 0 Å². The first kappa shape index (κ1) is 29.0. The summed E-state index contributed by atoms with van der Waals surface area (Å²) in [4.78, 5) is 40.4. The first-order valence-corrected chi connectivity index (χ1v) is 12.0. The Hall–Kier alpha value is -2.23. The van der Waals surface area contributed by atoms with Gasteiger partial charge >= 0.3 is 12.1 Å². The second-order valence-corrected chi connectivity index (χ2v) is 10.1. The Bertz CT molecular complexity index is 920. The van der Waals surface area contributed by atoms with E-state index in [-0.39, 0.29) is 37.6 Å². The number of carbonyl (C=O) groups excluding carboxylic acids is 3. The normalized spacial score (nSPS) is 17.8. The van der Waals surface area contributed by atoms with Crippen LogP contribution in [0, 0.1) is 0 Å². The summed E-state index contributed by atoms with van der Waals surface area (Å²) in [5.41, 5.74) is 0.0378. The number of amides is 2. The van der Waals surface area contributed by atoms with Gasteiger partial charge in [-0.2, -0.15) is 0 Å². The number of rotatable bonds is 9. The molecule has 196 valence electrons. The Labute approximate surface area is 216 Å². The Morgan fingerprint density at radius 1 is 1.14 bits per heavy atom. The third kappa shape index (κ3) is 7.88. The average Bonchev–Trinajstić information content (AvgIpc) is 3.20. The molecular formula is C24H34Cl2N2O7. The van der Waals surface area contributed by atoms with Crippen LogP contribution in [-0.2, 0) is 23.8 Å². The van der Waals surface area contributed by atoms with Gasteiger partial charge in [-0.15, -0.1) is 0 Å². The van der Waals surface area contributed by atoms with Gasteiger partial charge < -0.3 is 28.7 Å². The molecule has 0 N–H and O–H groups in total. The molecule has 0 aliphatic carbocycles. The topological polar surface area (TPSA) is 94.6 Å². The Morgan fingerprint density at radius 2 is 1.83 bits per heavy atom. The van der Waals surface area contributed by atoms with Gasteiger partial charge in [0.2, 0.25) is 5.91 Å². The van der Waals surface area contributed by atoms with E-state index < -0.39 is 17.7 Å². The molecule has 11 heteroatoms. The number of carbonyl (C=O) groups is 3. The summed E-state index contributed by atoms with van der Waals surface area (Å²) in [5.74, 6) is -0.483. The summed E-state index contributed by atoms with van der Waals surface area (Å²) in [6.07, 6.45) is 0.480. The molecule has 0 bridgehead atoms. The summed E-state index contributed by atoms with van der Waals surface area (Å²) in [6.45, 7) is 5.56. The molecule has 1 aromatic rings. The molecule has 1 saturated heterocycles. The number of likely N-dealkylation sites (tertiary alicyclic amines) is 1. The number of methoxy groups -OCH3 is 3. The van der Waals surface area contributed by atoms with Gasteiger partial charge in [0.05, 0.1) is 24.3 Å². The van der Waals surface area contributed by atoms with Crippen LogP contribution in [0.2, 0.25) is 10.0 Å². The number of ether oxygens (including phenoxy) is 4. The molecule has 0 aromatic heterocycles. The highest BCUT2D eigenvalue weighted by Crippen LogP contribution is 2.44. The van der Waals surface area contributed by atoms with Crippen LogP contribution in [0.5, 0.6) is 5.75 Å². The third-order valence-corrected chi connectivity index (χ3v) is 6.48. The fourth-order valence-corrected chi connectivity index (χ4v) is 4.56. The molecule has 35 heavy (non-hydrogen) atoms. The number of esters is 1. The van der Waals surface area contributed by atoms with Crippen molar-refractivity contribution in [2.75, 3.05) is 47.6 Å². The standard InChI is InChI=1S/C24H34Cl2N2O7/c1-24(2,3)35-23(31)28-12-15(21-18(33-5)8-7-17(25)22(21)26)11-16(28)9-10-27(13-20(30)34-6)19(29)14-32-4/h7-8,15-16H,9-14H2,1-6H3/t15-,16+/m0/s1. The summed E-state index contributed by atoms with van der Waals surface area (Å²) < 4.78 is 20.8. The number of nitrogens with zero attached hydrogens (tertiary/aromatic N) is 2. The summed E-state index contributed by atoms with van der Waals surface area (Å²) in [7, 11) is 4.21. The third-order valence-electron chi connectivity index (χ3n) is 5.66. The zero-order chi connectivity index (χ0) is 26.3. The molecule has 0 saturated carbocycles. The van der Waals surface area contributed by atoms with E-state index in [1.54, 1.807) is 44.9 Å². The maximum atomic E-state index is 13.1. The Kier molecular flexibility index (Phi) is 10.5. The first-order chi connectivity index (χ1) is 16.4. The lowest BCUT2D eigenvalue weighted by molar-refractivity contribution is -0.148. The Balaban J connectivity index is 2.32. The molecule has 2 rings (SSSR count). The van der Waals surface area contributed by atoms with E-state index in [0.717, 1.165) is 5.56 Å². The zero-order valence-electron chi connectivity index (χ0n) is 21.1. The van der Waals surface area contributed by atoms with E-state index in [1.165, 1.54) is 19.1 Å². The predicted molar refractivity (Wildman–Crippen MR) is 132 cm³/mol. The molecule has 0 spiro atoms. The zero-order valence-corrected chi connectivity index (χ0v) is 22.6. The second-order valence-electron chi connectivity index (χ2n) is 9.31. The van der Waals surface area contributed by atoms with Crippen molar-refractivity contribution in [2.45, 2.75) is 51.2 Å². The van der Waals surface area contributed by atoms with E-state index >= 15 is 0 Å². The van der Waals surface area contributed by atoms with Gasteiger partial charge in [0.15, 0.2) is 0 Å². The SMILES string of the molecule is COCC(=O)N(CC[C@@H]1C[C@H](c2c(OC)ccc(Cl)c2Cl)CN1C(=O)OC(C)(C)C)CC(=O)OC. The number of hydrogen-bond donors (Lipinski definition) is 0. The maximum Gasteiger partial charge on any atom is 0.410 e. The quantitative estimate of drug-likeness (QED) is 0.441. The summed E-state index contributed by atoms with van der Waals surface area (Å²) >= 11 is 12.8. The van der Waals surface area contributed by atoms with Crippen molar-refractivity contribution in [3.8, 4) is 5.75 Å². The molecule has 0 unspecified atom stereocenters. The fourth-order valence-electron chi connectivity index (χ4n) is 4.08. The van der Waals surface area contributed by atoms with E-state index in [1.807, 2.05) is 0 Å². The lowest BCUT2D eigenvalue weighted by Gasteiger charge is -2.30. The van der Waals surface area contributed by atoms with Crippen molar-refractivity contribution in [2.24, 2.45) is 0 Å². The van der Waals surface area contributed by atoms with Crippen molar-refractivity contribution in [1.82, 2.24) is 9.80 Å². The summed E-state index contributed by atoms with van der Waals surface area (Å²) in [6, 6.07) is 3.12. The molecule has 9 nitrogen and oxygen atoms in total. The lowest BCUT2D eigenvalue weighted by Crippen LogP contribution is -2.43. The highest BCUT2D eigenvalue weighted by Gasteiger charge is 2.40. The van der Waals surface area contributed by atoms with Gasteiger partial charge in [0.25, 0.3) is 0 Å². The smallest absolute Gasteiger partial charge is 0.410 e. The van der Waals surface area contributed by atoms with E-state index in [4.69, 9.17) is 42.1 Å². The van der Waals surface area contributed by atoms with Crippen molar-refractivity contribution < 1.29 is 33.3 Å². The van der Waals surface area contributed by atoms with Crippen LogP contribution >= 0.6 is 23.2 Å². The Morgan fingerprint density at radius 3 is 2.40 bits per heavy atom. The molecule has 1 fully saturated rings. The second kappa shape index (κ2) is 12.6. The molecule has 2 atom stereocenters. The van der Waals surface area contributed by atoms with Crippen LogP contribution in [0.4, 0.5) is 4.79 Å². The van der Waals surface area contributed by atoms with Crippen LogP contribution in [0.1, 0.15) is 45.1 Å². The van der Waals surface area contributed by atoms with Crippen LogP contribution in [-0.4, -0.2) is 87.0 Å². The molecule has 1 heterocycles. The molecule has 0 radical (unpaired) electrons. The van der Waals surface area contributed by atoms with Crippen molar-refractivity contribution in [3.05, 3.63) is 27.7 Å². The average molecular weight is 533 g/mol. The highest BCUT2D eigenvalue weighted by molar-refractivity contribution is 6.42. The van der Waals surface area contributed by atoms with Crippen LogP contribution in [0.25, 0.3) is 0 Å². The van der Waals surface area contributed by atoms with Crippen molar-refractivity contribution in [3.63, 3.8) is 0 Å². The van der Waals surface area contributed by atoms with Gasteiger partial charge in [-0.3, -0.25) is 9.59 Å². The van der Waals surface area contributed by atoms with Gasteiger partial charge in [0.1, 0.15) is 24.5 Å². The molecule has 2 amide bonds. The molecule has 1 aliphatic rings. The van der Waals surface area contributed by atoms with Gasteiger partial charge in [0, 0.05) is 37.7 Å². The minimum Gasteiger partial charge on any atom is -0.496 e. The highest BCUT2D eigenvalue weighted by atomic mass is 35.5. The molecule has 1 aromatic carbocycles. The minimum atomic E-state index is -0.684. The van der Waals surface area contributed by atoms with E-state index in [0.29, 0.717) is 35.2 Å². The fraction of sp³-hybridized carbons (Fsp3) is 0.625. The maximum absolute atomic E-state index is 13.1.